The van der Waals surface area contributed by atoms with Gasteiger partial charge in [0.05, 0.1) is 22.7 Å². The van der Waals surface area contributed by atoms with Gasteiger partial charge in [0.2, 0.25) is 5.91 Å². The van der Waals surface area contributed by atoms with E-state index in [2.05, 4.69) is 5.32 Å². The zero-order valence-corrected chi connectivity index (χ0v) is 10.8. The normalized spacial score (nSPS) is 9.89. The Morgan fingerprint density at radius 2 is 2.17 bits per heavy atom. The van der Waals surface area contributed by atoms with Crippen molar-refractivity contribution in [3.05, 3.63) is 28.8 Å². The van der Waals surface area contributed by atoms with E-state index in [1.165, 1.54) is 18.2 Å². The van der Waals surface area contributed by atoms with Crippen LogP contribution in [-0.2, 0) is 9.53 Å². The van der Waals surface area contributed by atoms with E-state index in [4.69, 9.17) is 22.1 Å². The number of nitrogens with one attached hydrogen (secondary N) is 1. The van der Waals surface area contributed by atoms with E-state index in [-0.39, 0.29) is 18.9 Å². The van der Waals surface area contributed by atoms with Crippen LogP contribution in [0.5, 0.6) is 0 Å². The molecule has 0 aliphatic carbocycles. The van der Waals surface area contributed by atoms with E-state index < -0.39 is 5.97 Å². The molecule has 0 saturated carbocycles. The van der Waals surface area contributed by atoms with Crippen molar-refractivity contribution >= 4 is 29.2 Å². The second-order valence-electron chi connectivity index (χ2n) is 3.58. The summed E-state index contributed by atoms with van der Waals surface area (Å²) in [7, 11) is 0. The highest BCUT2D eigenvalue weighted by Gasteiger charge is 2.09. The lowest BCUT2D eigenvalue weighted by atomic mass is 10.2. The van der Waals surface area contributed by atoms with Crippen LogP contribution >= 0.6 is 11.6 Å². The van der Waals surface area contributed by atoms with E-state index in [0.717, 1.165) is 0 Å². The molecule has 6 heteroatoms. The molecule has 0 aliphatic rings. The minimum atomic E-state index is -0.525. The molecule has 0 unspecified atom stereocenters. The number of amides is 1. The third-order valence-corrected chi connectivity index (χ3v) is 2.51. The molecular weight excluding hydrogens is 256 g/mol. The number of hydrogen-bond donors (Lipinski definition) is 2. The Morgan fingerprint density at radius 1 is 1.44 bits per heavy atom. The van der Waals surface area contributed by atoms with Gasteiger partial charge in [-0.1, -0.05) is 11.6 Å². The Hall–Kier alpha value is -1.75. The first-order valence-corrected chi connectivity index (χ1v) is 5.91. The average Bonchev–Trinajstić information content (AvgIpc) is 2.33. The van der Waals surface area contributed by atoms with Gasteiger partial charge in [-0.25, -0.2) is 4.79 Å². The molecule has 1 rings (SSSR count). The summed E-state index contributed by atoms with van der Waals surface area (Å²) in [6.45, 7) is 2.41. The molecular formula is C12H15ClN2O3. The van der Waals surface area contributed by atoms with Gasteiger partial charge in [0.15, 0.2) is 0 Å². The van der Waals surface area contributed by atoms with Crippen LogP contribution in [-0.4, -0.2) is 25.0 Å². The first kappa shape index (κ1) is 14.3. The number of carbonyl (C=O) groups excluding carboxylic acids is 2. The van der Waals surface area contributed by atoms with Crippen LogP contribution in [0.4, 0.5) is 5.69 Å². The molecule has 1 aromatic carbocycles. The van der Waals surface area contributed by atoms with Gasteiger partial charge in [-0.2, -0.15) is 0 Å². The molecule has 0 fully saturated rings. The Morgan fingerprint density at radius 3 is 2.78 bits per heavy atom. The van der Waals surface area contributed by atoms with Crippen LogP contribution in [0.15, 0.2) is 18.2 Å². The van der Waals surface area contributed by atoms with Crippen LogP contribution in [0.2, 0.25) is 5.02 Å². The summed E-state index contributed by atoms with van der Waals surface area (Å²) in [6, 6.07) is 4.49. The topological polar surface area (TPSA) is 81.4 Å². The quantitative estimate of drug-likeness (QED) is 0.629. The van der Waals surface area contributed by atoms with E-state index >= 15 is 0 Å². The van der Waals surface area contributed by atoms with Crippen molar-refractivity contribution in [2.24, 2.45) is 0 Å². The number of hydrogen-bond acceptors (Lipinski definition) is 4. The number of halogens is 1. The summed E-state index contributed by atoms with van der Waals surface area (Å²) in [5.41, 5.74) is 6.20. The molecule has 1 amide bonds. The second kappa shape index (κ2) is 6.86. The van der Waals surface area contributed by atoms with Crippen molar-refractivity contribution in [1.29, 1.82) is 0 Å². The van der Waals surface area contributed by atoms with Crippen molar-refractivity contribution in [3.63, 3.8) is 0 Å². The Kier molecular flexibility index (Phi) is 5.45. The maximum absolute atomic E-state index is 11.6. The van der Waals surface area contributed by atoms with Gasteiger partial charge in [-0.15, -0.1) is 0 Å². The predicted octanol–water partition coefficient (Wildman–Crippen LogP) is 1.61. The minimum Gasteiger partial charge on any atom is -0.462 e. The van der Waals surface area contributed by atoms with Crippen LogP contribution < -0.4 is 11.1 Å². The summed E-state index contributed by atoms with van der Waals surface area (Å²) in [4.78, 5) is 22.7. The van der Waals surface area contributed by atoms with Crippen molar-refractivity contribution in [1.82, 2.24) is 5.32 Å². The SMILES string of the molecule is CCNC(=O)CCOC(=O)c1ccc(Cl)c(N)c1. The first-order valence-electron chi connectivity index (χ1n) is 5.53. The molecule has 98 valence electrons. The lowest BCUT2D eigenvalue weighted by molar-refractivity contribution is -0.121. The highest BCUT2D eigenvalue weighted by atomic mass is 35.5. The highest BCUT2D eigenvalue weighted by molar-refractivity contribution is 6.33. The predicted molar refractivity (Wildman–Crippen MR) is 69.4 cm³/mol. The van der Waals surface area contributed by atoms with E-state index in [9.17, 15) is 9.59 Å². The number of anilines is 1. The van der Waals surface area contributed by atoms with Crippen LogP contribution in [0.1, 0.15) is 23.7 Å². The monoisotopic (exact) mass is 270 g/mol. The third-order valence-electron chi connectivity index (χ3n) is 2.17. The number of carbonyl (C=O) groups is 2. The number of benzene rings is 1. The van der Waals surface area contributed by atoms with E-state index in [1.54, 1.807) is 0 Å². The van der Waals surface area contributed by atoms with Gasteiger partial charge in [-0.3, -0.25) is 4.79 Å². The summed E-state index contributed by atoms with van der Waals surface area (Å²) < 4.78 is 4.94. The molecule has 3 N–H and O–H groups in total. The highest BCUT2D eigenvalue weighted by Crippen LogP contribution is 2.19. The molecule has 18 heavy (non-hydrogen) atoms. The van der Waals surface area contributed by atoms with Crippen molar-refractivity contribution in [3.8, 4) is 0 Å². The van der Waals surface area contributed by atoms with Gasteiger partial charge in [-0.05, 0) is 25.1 Å². The van der Waals surface area contributed by atoms with Crippen LogP contribution in [0.25, 0.3) is 0 Å². The largest absolute Gasteiger partial charge is 0.462 e. The standard InChI is InChI=1S/C12H15ClN2O3/c1-2-15-11(16)5-6-18-12(17)8-3-4-9(13)10(14)7-8/h3-4,7H,2,5-6,14H2,1H3,(H,15,16). The number of nitrogen functional groups attached to an aromatic ring is 1. The number of rotatable bonds is 5. The van der Waals surface area contributed by atoms with Crippen molar-refractivity contribution < 1.29 is 14.3 Å². The van der Waals surface area contributed by atoms with Crippen molar-refractivity contribution in [2.75, 3.05) is 18.9 Å². The van der Waals surface area contributed by atoms with Crippen LogP contribution in [0.3, 0.4) is 0 Å². The van der Waals surface area contributed by atoms with Crippen LogP contribution in [0, 0.1) is 0 Å². The summed E-state index contributed by atoms with van der Waals surface area (Å²) >= 11 is 5.74. The third kappa shape index (κ3) is 4.25. The van der Waals surface area contributed by atoms with Gasteiger partial charge in [0.25, 0.3) is 0 Å². The fraction of sp³-hybridized carbons (Fsp3) is 0.333. The lowest BCUT2D eigenvalue weighted by Crippen LogP contribution is -2.24. The molecule has 1 aromatic rings. The second-order valence-corrected chi connectivity index (χ2v) is 3.98. The van der Waals surface area contributed by atoms with Gasteiger partial charge < -0.3 is 15.8 Å². The number of esters is 1. The molecule has 0 aliphatic heterocycles. The maximum atomic E-state index is 11.6. The first-order chi connectivity index (χ1) is 8.54. The summed E-state index contributed by atoms with van der Waals surface area (Å²) in [5.74, 6) is -0.677. The van der Waals surface area contributed by atoms with Gasteiger partial charge in [0, 0.05) is 6.54 Å². The maximum Gasteiger partial charge on any atom is 0.338 e. The fourth-order valence-electron chi connectivity index (χ4n) is 1.28. The smallest absolute Gasteiger partial charge is 0.338 e. The lowest BCUT2D eigenvalue weighted by Gasteiger charge is -2.06. The number of ether oxygens (including phenoxy) is 1. The Bertz CT molecular complexity index is 449. The molecule has 0 atom stereocenters. The molecule has 0 saturated heterocycles. The van der Waals surface area contributed by atoms with Gasteiger partial charge in [0.1, 0.15) is 6.61 Å². The zero-order chi connectivity index (χ0) is 13.5. The van der Waals surface area contributed by atoms with Crippen molar-refractivity contribution in [2.45, 2.75) is 13.3 Å². The summed E-state index contributed by atoms with van der Waals surface area (Å²) in [6.07, 6.45) is 0.142. The molecule has 0 aromatic heterocycles. The fourth-order valence-corrected chi connectivity index (χ4v) is 1.39. The zero-order valence-electron chi connectivity index (χ0n) is 10.0. The molecule has 0 heterocycles. The van der Waals surface area contributed by atoms with E-state index in [0.29, 0.717) is 22.8 Å². The molecule has 0 spiro atoms. The molecule has 0 bridgehead atoms. The van der Waals surface area contributed by atoms with E-state index in [1.807, 2.05) is 6.92 Å². The minimum absolute atomic E-state index is 0.0349. The Balaban J connectivity index is 2.45. The Labute approximate surface area is 110 Å². The molecule has 0 radical (unpaired) electrons. The van der Waals surface area contributed by atoms with Gasteiger partial charge >= 0.3 is 5.97 Å². The number of nitrogens with two attached hydrogens (primary N) is 1. The summed E-state index contributed by atoms with van der Waals surface area (Å²) in [5, 5.41) is 2.99. The molecule has 5 nitrogen and oxygen atoms in total. The average molecular weight is 271 g/mol.